The van der Waals surface area contributed by atoms with Crippen LogP contribution in [-0.4, -0.2) is 22.5 Å². The summed E-state index contributed by atoms with van der Waals surface area (Å²) in [6, 6.07) is 14.2. The Labute approximate surface area is 181 Å². The summed E-state index contributed by atoms with van der Waals surface area (Å²) in [7, 11) is 0. The number of rotatable bonds is 4. The summed E-state index contributed by atoms with van der Waals surface area (Å²) in [5.41, 5.74) is 9.76. The third kappa shape index (κ3) is 2.49. The van der Waals surface area contributed by atoms with E-state index < -0.39 is 0 Å². The quantitative estimate of drug-likeness (QED) is 0.527. The maximum Gasteiger partial charge on any atom is 0.417 e. The number of anilines is 1. The number of benzene rings is 2. The first-order valence-electron chi connectivity index (χ1n) is 11.6. The first-order valence-corrected chi connectivity index (χ1v) is 11.6. The summed E-state index contributed by atoms with van der Waals surface area (Å²) >= 11 is 0. The minimum absolute atomic E-state index is 0.182. The van der Waals surface area contributed by atoms with Crippen molar-refractivity contribution in [3.8, 4) is 11.4 Å². The zero-order valence-electron chi connectivity index (χ0n) is 19.1. The van der Waals surface area contributed by atoms with Gasteiger partial charge in [0.2, 0.25) is 0 Å². The Balaban J connectivity index is 1.89. The molecule has 5 rings (SSSR count). The Morgan fingerprint density at radius 1 is 1.07 bits per heavy atom. The van der Waals surface area contributed by atoms with Crippen LogP contribution in [0.1, 0.15) is 81.7 Å². The molecular weight excluding hydrogens is 365 g/mol. The molecule has 2 aliphatic rings. The van der Waals surface area contributed by atoms with Gasteiger partial charge in [0.15, 0.2) is 0 Å². The largest absolute Gasteiger partial charge is 0.417 e. The Morgan fingerprint density at radius 3 is 2.50 bits per heavy atom. The lowest BCUT2D eigenvalue weighted by Gasteiger charge is -2.47. The molecule has 0 spiro atoms. The molecule has 0 amide bonds. The number of hydrogen-bond acceptors (Lipinski definition) is 2. The van der Waals surface area contributed by atoms with Gasteiger partial charge in [-0.1, -0.05) is 65.0 Å². The topological polar surface area (TPSA) is 21.1 Å². The minimum atomic E-state index is 0.182. The zero-order valence-corrected chi connectivity index (χ0v) is 19.1. The average molecular weight is 397 g/mol. The molecule has 1 aromatic heterocycles. The van der Waals surface area contributed by atoms with Crippen LogP contribution in [-0.2, 0) is 0 Å². The summed E-state index contributed by atoms with van der Waals surface area (Å²) < 4.78 is 2.56. The second-order valence-corrected chi connectivity index (χ2v) is 9.32. The van der Waals surface area contributed by atoms with Crippen LogP contribution in [0.25, 0.3) is 11.4 Å². The first-order chi connectivity index (χ1) is 14.5. The van der Waals surface area contributed by atoms with E-state index in [-0.39, 0.29) is 6.98 Å². The third-order valence-electron chi connectivity index (χ3n) is 7.39. The summed E-state index contributed by atoms with van der Waals surface area (Å²) in [5.74, 6) is 1.98. The van der Waals surface area contributed by atoms with Gasteiger partial charge >= 0.3 is 6.98 Å². The molecule has 0 aliphatic carbocycles. The van der Waals surface area contributed by atoms with Crippen molar-refractivity contribution in [1.29, 1.82) is 0 Å². The maximum atomic E-state index is 5.01. The van der Waals surface area contributed by atoms with Crippen molar-refractivity contribution in [3.63, 3.8) is 0 Å². The van der Waals surface area contributed by atoms with Crippen LogP contribution >= 0.6 is 0 Å². The number of fused-ring (bicyclic) bond motifs is 4. The van der Waals surface area contributed by atoms with Crippen LogP contribution in [0.4, 0.5) is 5.69 Å². The molecule has 0 N–H and O–H groups in total. The lowest BCUT2D eigenvalue weighted by atomic mass is 9.54. The van der Waals surface area contributed by atoms with E-state index in [1.54, 1.807) is 0 Å². The van der Waals surface area contributed by atoms with Crippen LogP contribution in [0.2, 0.25) is 0 Å². The third-order valence-corrected chi connectivity index (χ3v) is 7.39. The maximum absolute atomic E-state index is 5.01. The van der Waals surface area contributed by atoms with Gasteiger partial charge < -0.3 is 9.29 Å². The number of aryl methyl sites for hydroxylation is 1. The van der Waals surface area contributed by atoms with E-state index >= 15 is 0 Å². The molecule has 0 bridgehead atoms. The zero-order chi connectivity index (χ0) is 21.2. The highest BCUT2D eigenvalue weighted by Gasteiger charge is 2.47. The molecule has 4 heteroatoms. The van der Waals surface area contributed by atoms with E-state index in [0.29, 0.717) is 17.9 Å². The molecule has 154 valence electrons. The molecule has 2 aliphatic heterocycles. The SMILES string of the molecule is CCC(CC)N1B2c3c(C(C)C)cccc3C(C)c3cnc(n32)-c2c(C)cccc21. The van der Waals surface area contributed by atoms with E-state index in [1.165, 1.54) is 39.1 Å². The molecule has 3 heterocycles. The van der Waals surface area contributed by atoms with Gasteiger partial charge in [-0.15, -0.1) is 0 Å². The molecule has 0 radical (unpaired) electrons. The van der Waals surface area contributed by atoms with Crippen molar-refractivity contribution in [2.45, 2.75) is 72.3 Å². The summed E-state index contributed by atoms with van der Waals surface area (Å²) in [6.07, 6.45) is 4.40. The van der Waals surface area contributed by atoms with Crippen molar-refractivity contribution in [2.24, 2.45) is 0 Å². The van der Waals surface area contributed by atoms with Crippen LogP contribution in [0.3, 0.4) is 0 Å². The van der Waals surface area contributed by atoms with Gasteiger partial charge in [0.25, 0.3) is 0 Å². The fraction of sp³-hybridized carbons (Fsp3) is 0.423. The average Bonchev–Trinajstić information content (AvgIpc) is 3.18. The summed E-state index contributed by atoms with van der Waals surface area (Å²) in [6.45, 7) is 14.1. The van der Waals surface area contributed by atoms with E-state index in [1.807, 2.05) is 0 Å². The highest BCUT2D eigenvalue weighted by atomic mass is 15.2. The number of hydrogen-bond donors (Lipinski definition) is 0. The summed E-state index contributed by atoms with van der Waals surface area (Å²) in [5, 5.41) is 0. The lowest BCUT2D eigenvalue weighted by molar-refractivity contribution is 0.617. The van der Waals surface area contributed by atoms with Gasteiger partial charge in [0.05, 0.1) is 0 Å². The highest BCUT2D eigenvalue weighted by Crippen LogP contribution is 2.44. The Morgan fingerprint density at radius 2 is 1.80 bits per heavy atom. The molecule has 3 aromatic rings. The van der Waals surface area contributed by atoms with Crippen molar-refractivity contribution in [1.82, 2.24) is 9.46 Å². The van der Waals surface area contributed by atoms with E-state index in [0.717, 1.165) is 18.7 Å². The number of nitrogens with zero attached hydrogens (tertiary/aromatic N) is 3. The van der Waals surface area contributed by atoms with Crippen molar-refractivity contribution >= 4 is 18.1 Å². The monoisotopic (exact) mass is 397 g/mol. The molecule has 0 saturated carbocycles. The Kier molecular flexibility index (Phi) is 4.57. The molecule has 1 atom stereocenters. The van der Waals surface area contributed by atoms with E-state index in [9.17, 15) is 0 Å². The second-order valence-electron chi connectivity index (χ2n) is 9.32. The van der Waals surface area contributed by atoms with Crippen LogP contribution in [0.15, 0.2) is 42.6 Å². The van der Waals surface area contributed by atoms with Crippen LogP contribution in [0, 0.1) is 6.92 Å². The fourth-order valence-corrected chi connectivity index (χ4v) is 5.84. The van der Waals surface area contributed by atoms with Crippen LogP contribution in [0.5, 0.6) is 0 Å². The summed E-state index contributed by atoms with van der Waals surface area (Å²) in [4.78, 5) is 7.73. The highest BCUT2D eigenvalue weighted by molar-refractivity contribution is 6.78. The van der Waals surface area contributed by atoms with Gasteiger partial charge in [-0.05, 0) is 53.9 Å². The molecule has 1 unspecified atom stereocenters. The predicted octanol–water partition coefficient (Wildman–Crippen LogP) is 5.70. The van der Waals surface area contributed by atoms with Crippen molar-refractivity contribution in [2.75, 3.05) is 4.81 Å². The van der Waals surface area contributed by atoms with Crippen molar-refractivity contribution in [3.05, 3.63) is 65.0 Å². The minimum Gasteiger partial charge on any atom is -0.388 e. The normalized spacial score (nSPS) is 16.7. The second kappa shape index (κ2) is 7.04. The number of aromatic nitrogens is 2. The molecule has 30 heavy (non-hydrogen) atoms. The van der Waals surface area contributed by atoms with Crippen molar-refractivity contribution < 1.29 is 0 Å². The predicted molar refractivity (Wildman–Crippen MR) is 128 cm³/mol. The molecule has 2 aromatic carbocycles. The van der Waals surface area contributed by atoms with Gasteiger partial charge in [-0.2, -0.15) is 0 Å². The fourth-order valence-electron chi connectivity index (χ4n) is 5.84. The molecule has 0 fully saturated rings. The Bertz CT molecular complexity index is 1110. The molecule has 3 nitrogen and oxygen atoms in total. The molecule has 0 saturated heterocycles. The first kappa shape index (κ1) is 19.5. The van der Waals surface area contributed by atoms with Gasteiger partial charge in [0.1, 0.15) is 5.82 Å². The standard InChI is InChI=1S/C26H32BN3/c1-7-19(8-2)29-22-14-9-11-17(5)24(22)26-28-15-23-18(6)21-13-10-12-20(16(3)4)25(21)27(29)30(23)26/h9-16,18-19H,7-8H2,1-6H3. The lowest BCUT2D eigenvalue weighted by Crippen LogP contribution is -2.63. The van der Waals surface area contributed by atoms with Gasteiger partial charge in [-0.3, -0.25) is 0 Å². The van der Waals surface area contributed by atoms with Gasteiger partial charge in [0, 0.05) is 35.1 Å². The van der Waals surface area contributed by atoms with E-state index in [2.05, 4.69) is 93.4 Å². The van der Waals surface area contributed by atoms with Gasteiger partial charge in [-0.25, -0.2) is 4.98 Å². The molecular formula is C26H32BN3. The number of imidazole rings is 1. The van der Waals surface area contributed by atoms with Crippen LogP contribution < -0.4 is 10.3 Å². The smallest absolute Gasteiger partial charge is 0.388 e. The van der Waals surface area contributed by atoms with E-state index in [4.69, 9.17) is 4.98 Å². The Hall–Kier alpha value is -2.49.